The number of rotatable bonds is 8. The molecule has 0 saturated heterocycles. The number of sulfonamides is 1. The van der Waals surface area contributed by atoms with Crippen LogP contribution in [0.3, 0.4) is 0 Å². The number of pyridine rings is 2. The van der Waals surface area contributed by atoms with Crippen molar-refractivity contribution in [1.29, 1.82) is 5.26 Å². The van der Waals surface area contributed by atoms with E-state index in [0.29, 0.717) is 45.6 Å². The number of fused-ring (bicyclic) bond motifs is 1. The Kier molecular flexibility index (Phi) is 6.53. The van der Waals surface area contributed by atoms with E-state index in [1.54, 1.807) is 18.2 Å². The van der Waals surface area contributed by atoms with Crippen molar-refractivity contribution in [2.24, 2.45) is 0 Å². The number of nitriles is 1. The Balaban J connectivity index is 1.73. The Hall–Kier alpha value is -4.23. The lowest BCUT2D eigenvalue weighted by atomic mass is 10.0. The van der Waals surface area contributed by atoms with Gasteiger partial charge in [0.1, 0.15) is 17.5 Å². The molecule has 0 saturated carbocycles. The van der Waals surface area contributed by atoms with E-state index in [4.69, 9.17) is 0 Å². The van der Waals surface area contributed by atoms with Gasteiger partial charge in [0.2, 0.25) is 10.0 Å². The molecule has 0 aliphatic carbocycles. The highest BCUT2D eigenvalue weighted by Crippen LogP contribution is 2.32. The number of aromatic nitrogens is 3. The highest BCUT2D eigenvalue weighted by atomic mass is 32.2. The summed E-state index contributed by atoms with van der Waals surface area (Å²) < 4.78 is 25.2. The number of carbonyl (C=O) groups is 1. The van der Waals surface area contributed by atoms with Crippen LogP contribution in [-0.4, -0.2) is 42.5 Å². The van der Waals surface area contributed by atoms with Crippen LogP contribution >= 0.6 is 0 Å². The summed E-state index contributed by atoms with van der Waals surface area (Å²) in [5, 5.41) is 13.7. The standard InChI is InChI=1S/C25H24N6O3S/c1-4-22(32)17-8-5-7-16(11-17)21-12-20-23(19(13-26)15-29-24(20)30-21)28-14-18-9-6-10-27-25(18)31(2)35(3,33)34/h5-12,15H,4,14H2,1-3H3,(H2,28,29,30). The molecule has 3 aromatic heterocycles. The largest absolute Gasteiger partial charge is 0.379 e. The first-order valence-corrected chi connectivity index (χ1v) is 12.7. The zero-order valence-corrected chi connectivity index (χ0v) is 20.3. The van der Waals surface area contributed by atoms with Crippen molar-refractivity contribution in [3.05, 3.63) is 71.5 Å². The number of nitrogens with one attached hydrogen (secondary N) is 2. The molecule has 0 bridgehead atoms. The van der Waals surface area contributed by atoms with Crippen molar-refractivity contribution in [2.75, 3.05) is 22.9 Å². The molecule has 35 heavy (non-hydrogen) atoms. The van der Waals surface area contributed by atoms with Crippen LogP contribution in [0.15, 0.2) is 54.9 Å². The molecule has 2 N–H and O–H groups in total. The van der Waals surface area contributed by atoms with Crippen LogP contribution in [0, 0.1) is 11.3 Å². The van der Waals surface area contributed by atoms with Crippen molar-refractivity contribution < 1.29 is 13.2 Å². The maximum atomic E-state index is 12.1. The number of aromatic amines is 1. The second kappa shape index (κ2) is 9.56. The first-order valence-electron chi connectivity index (χ1n) is 10.9. The summed E-state index contributed by atoms with van der Waals surface area (Å²) in [6, 6.07) is 14.9. The lowest BCUT2D eigenvalue weighted by Crippen LogP contribution is -2.27. The summed E-state index contributed by atoms with van der Waals surface area (Å²) in [5.41, 5.74) is 4.36. The van der Waals surface area contributed by atoms with Crippen LogP contribution < -0.4 is 9.62 Å². The highest BCUT2D eigenvalue weighted by Gasteiger charge is 2.18. The third kappa shape index (κ3) is 4.85. The van der Waals surface area contributed by atoms with Gasteiger partial charge in [0.25, 0.3) is 0 Å². The molecule has 0 unspecified atom stereocenters. The Bertz CT molecular complexity index is 1570. The topological polar surface area (TPSA) is 132 Å². The fraction of sp³-hybridized carbons (Fsp3) is 0.200. The number of H-pyrrole nitrogens is 1. The summed E-state index contributed by atoms with van der Waals surface area (Å²) in [7, 11) is -2.05. The molecule has 0 atom stereocenters. The van der Waals surface area contributed by atoms with E-state index < -0.39 is 10.0 Å². The molecule has 9 nitrogen and oxygen atoms in total. The summed E-state index contributed by atoms with van der Waals surface area (Å²) >= 11 is 0. The van der Waals surface area contributed by atoms with Crippen molar-refractivity contribution in [3.63, 3.8) is 0 Å². The molecule has 4 aromatic rings. The minimum Gasteiger partial charge on any atom is -0.379 e. The van der Waals surface area contributed by atoms with Gasteiger partial charge < -0.3 is 10.3 Å². The SMILES string of the molecule is CCC(=O)c1cccc(-c2cc3c(NCc4cccnc4N(C)S(C)(=O)=O)c(C#N)cnc3[nH]2)c1. The van der Waals surface area contributed by atoms with Gasteiger partial charge in [0, 0.05) is 54.6 Å². The van der Waals surface area contributed by atoms with Crippen LogP contribution in [-0.2, 0) is 16.6 Å². The van der Waals surface area contributed by atoms with Crippen LogP contribution in [0.5, 0.6) is 0 Å². The zero-order valence-electron chi connectivity index (χ0n) is 19.5. The van der Waals surface area contributed by atoms with E-state index in [-0.39, 0.29) is 12.3 Å². The molecule has 0 aliphatic heterocycles. The molecule has 0 spiro atoms. The Morgan fingerprint density at radius 2 is 2.00 bits per heavy atom. The number of carbonyl (C=O) groups excluding carboxylic acids is 1. The number of Topliss-reactive ketones (excluding diaryl/α,β-unsaturated/α-hetero) is 1. The normalized spacial score (nSPS) is 11.3. The average molecular weight is 489 g/mol. The molecule has 10 heteroatoms. The van der Waals surface area contributed by atoms with Crippen molar-refractivity contribution in [2.45, 2.75) is 19.9 Å². The van der Waals surface area contributed by atoms with E-state index in [2.05, 4.69) is 26.3 Å². The van der Waals surface area contributed by atoms with Crippen LogP contribution in [0.2, 0.25) is 0 Å². The lowest BCUT2D eigenvalue weighted by molar-refractivity contribution is 0.0988. The monoisotopic (exact) mass is 488 g/mol. The fourth-order valence-electron chi connectivity index (χ4n) is 3.76. The number of anilines is 2. The van der Waals surface area contributed by atoms with Gasteiger partial charge in [-0.3, -0.25) is 9.10 Å². The molecule has 0 fully saturated rings. The third-order valence-corrected chi connectivity index (χ3v) is 6.88. The minimum absolute atomic E-state index is 0.0570. The van der Waals surface area contributed by atoms with Gasteiger partial charge in [-0.25, -0.2) is 18.4 Å². The Morgan fingerprint density at radius 3 is 2.71 bits per heavy atom. The smallest absolute Gasteiger partial charge is 0.233 e. The van der Waals surface area contributed by atoms with E-state index in [1.807, 2.05) is 31.2 Å². The maximum Gasteiger partial charge on any atom is 0.233 e. The van der Waals surface area contributed by atoms with Crippen molar-refractivity contribution in [3.8, 4) is 17.3 Å². The van der Waals surface area contributed by atoms with E-state index >= 15 is 0 Å². The van der Waals surface area contributed by atoms with Crippen LogP contribution in [0.1, 0.15) is 34.8 Å². The third-order valence-electron chi connectivity index (χ3n) is 5.71. The molecule has 0 aliphatic rings. The van der Waals surface area contributed by atoms with E-state index in [0.717, 1.165) is 21.8 Å². The van der Waals surface area contributed by atoms with Crippen molar-refractivity contribution in [1.82, 2.24) is 15.0 Å². The van der Waals surface area contributed by atoms with Gasteiger partial charge in [-0.2, -0.15) is 5.26 Å². The van der Waals surface area contributed by atoms with E-state index in [9.17, 15) is 18.5 Å². The minimum atomic E-state index is -3.50. The number of nitrogens with zero attached hydrogens (tertiary/aromatic N) is 4. The van der Waals surface area contributed by atoms with Crippen molar-refractivity contribution >= 4 is 38.3 Å². The van der Waals surface area contributed by atoms with E-state index in [1.165, 1.54) is 19.4 Å². The number of hydrogen-bond donors (Lipinski definition) is 2. The van der Waals surface area contributed by atoms with Gasteiger partial charge >= 0.3 is 0 Å². The quantitative estimate of drug-likeness (QED) is 0.357. The fourth-order valence-corrected chi connectivity index (χ4v) is 4.24. The van der Waals surface area contributed by atoms with Gasteiger partial charge in [0.05, 0.1) is 17.5 Å². The zero-order chi connectivity index (χ0) is 25.2. The first-order chi connectivity index (χ1) is 16.7. The first kappa shape index (κ1) is 23.9. The van der Waals surface area contributed by atoms with Gasteiger partial charge in [-0.1, -0.05) is 31.2 Å². The average Bonchev–Trinajstić information content (AvgIpc) is 3.30. The second-order valence-corrected chi connectivity index (χ2v) is 10.0. The van der Waals surface area contributed by atoms with Crippen LogP contribution in [0.25, 0.3) is 22.3 Å². The molecule has 3 heterocycles. The highest BCUT2D eigenvalue weighted by molar-refractivity contribution is 7.92. The molecule has 178 valence electrons. The number of ketones is 1. The molecule has 0 amide bonds. The number of benzene rings is 1. The van der Waals surface area contributed by atoms with Gasteiger partial charge in [-0.05, 0) is 23.8 Å². The summed E-state index contributed by atoms with van der Waals surface area (Å²) in [5.74, 6) is 0.361. The molecular weight excluding hydrogens is 464 g/mol. The predicted octanol–water partition coefficient (Wildman–Crippen LogP) is 4.10. The summed E-state index contributed by atoms with van der Waals surface area (Å²) in [6.45, 7) is 2.06. The lowest BCUT2D eigenvalue weighted by Gasteiger charge is -2.19. The van der Waals surface area contributed by atoms with Crippen LogP contribution in [0.4, 0.5) is 11.5 Å². The Morgan fingerprint density at radius 1 is 1.20 bits per heavy atom. The molecular formula is C25H24N6O3S. The molecule has 1 aromatic carbocycles. The maximum absolute atomic E-state index is 12.1. The second-order valence-electron chi connectivity index (χ2n) is 8.03. The Labute approximate surface area is 203 Å². The molecule has 0 radical (unpaired) electrons. The summed E-state index contributed by atoms with van der Waals surface area (Å²) in [6.07, 6.45) is 4.54. The van der Waals surface area contributed by atoms with Gasteiger partial charge in [0.15, 0.2) is 5.78 Å². The summed E-state index contributed by atoms with van der Waals surface area (Å²) in [4.78, 5) is 24.0. The number of hydrogen-bond acceptors (Lipinski definition) is 7. The predicted molar refractivity (Wildman–Crippen MR) is 136 cm³/mol. The van der Waals surface area contributed by atoms with Gasteiger partial charge in [-0.15, -0.1) is 0 Å². The molecule has 4 rings (SSSR count).